The monoisotopic (exact) mass is 253 g/mol. The number of rotatable bonds is 7. The van der Waals surface area contributed by atoms with Crippen molar-refractivity contribution < 1.29 is 9.13 Å². The largest absolute Gasteiger partial charge is 0.374 e. The summed E-state index contributed by atoms with van der Waals surface area (Å²) >= 11 is 0. The van der Waals surface area contributed by atoms with Crippen LogP contribution in [-0.2, 0) is 4.74 Å². The molecule has 0 spiro atoms. The minimum atomic E-state index is -0.321. The lowest BCUT2D eigenvalue weighted by atomic mass is 9.87. The lowest BCUT2D eigenvalue weighted by Gasteiger charge is -2.37. The Balaban J connectivity index is 3.07. The Labute approximate surface area is 110 Å². The van der Waals surface area contributed by atoms with Gasteiger partial charge in [-0.1, -0.05) is 26.0 Å². The summed E-state index contributed by atoms with van der Waals surface area (Å²) < 4.78 is 19.3. The van der Waals surface area contributed by atoms with Crippen LogP contribution in [0.5, 0.6) is 0 Å². The predicted molar refractivity (Wildman–Crippen MR) is 73.1 cm³/mol. The number of nitrogens with one attached hydrogen (secondary N) is 1. The number of hydrogen-bond acceptors (Lipinski definition) is 2. The first-order valence-corrected chi connectivity index (χ1v) is 6.70. The Bertz CT molecular complexity index is 369. The highest BCUT2D eigenvalue weighted by molar-refractivity contribution is 5.23. The van der Waals surface area contributed by atoms with Gasteiger partial charge in [-0.25, -0.2) is 4.39 Å². The minimum Gasteiger partial charge on any atom is -0.374 e. The molecule has 2 unspecified atom stereocenters. The second-order valence-electron chi connectivity index (χ2n) is 4.64. The molecule has 0 saturated heterocycles. The van der Waals surface area contributed by atoms with Crippen molar-refractivity contribution in [3.63, 3.8) is 0 Å². The number of hydrogen-bond donors (Lipinski definition) is 1. The van der Waals surface area contributed by atoms with Gasteiger partial charge < -0.3 is 10.1 Å². The Morgan fingerprint density at radius 1 is 1.33 bits per heavy atom. The van der Waals surface area contributed by atoms with E-state index in [2.05, 4.69) is 19.2 Å². The molecule has 3 heteroatoms. The molecule has 0 aromatic heterocycles. The zero-order chi connectivity index (χ0) is 13.6. The topological polar surface area (TPSA) is 21.3 Å². The Morgan fingerprint density at radius 3 is 2.56 bits per heavy atom. The highest BCUT2D eigenvalue weighted by atomic mass is 19.1. The summed E-state index contributed by atoms with van der Waals surface area (Å²) in [6.45, 7) is 9.69. The van der Waals surface area contributed by atoms with Gasteiger partial charge in [0.05, 0.1) is 11.6 Å². The van der Waals surface area contributed by atoms with Crippen LogP contribution in [0.3, 0.4) is 0 Å². The van der Waals surface area contributed by atoms with Crippen LogP contribution in [0.25, 0.3) is 0 Å². The van der Waals surface area contributed by atoms with Crippen molar-refractivity contribution >= 4 is 0 Å². The van der Waals surface area contributed by atoms with Crippen molar-refractivity contribution in [3.05, 3.63) is 35.6 Å². The zero-order valence-electron chi connectivity index (χ0n) is 11.8. The normalized spacial score (nSPS) is 16.3. The maximum absolute atomic E-state index is 13.4. The van der Waals surface area contributed by atoms with E-state index in [-0.39, 0.29) is 17.5 Å². The van der Waals surface area contributed by atoms with Crippen LogP contribution in [0.4, 0.5) is 4.39 Å². The fraction of sp³-hybridized carbons (Fsp3) is 0.600. The molecule has 0 heterocycles. The van der Waals surface area contributed by atoms with E-state index >= 15 is 0 Å². The van der Waals surface area contributed by atoms with Crippen LogP contribution in [0, 0.1) is 5.82 Å². The molecule has 1 N–H and O–H groups in total. The molecule has 0 fully saturated rings. The van der Waals surface area contributed by atoms with Crippen LogP contribution < -0.4 is 5.32 Å². The van der Waals surface area contributed by atoms with Crippen LogP contribution in [-0.4, -0.2) is 18.8 Å². The minimum absolute atomic E-state index is 0.00292. The maximum Gasteiger partial charge on any atom is 0.123 e. The lowest BCUT2D eigenvalue weighted by Crippen LogP contribution is -2.43. The quantitative estimate of drug-likeness (QED) is 0.800. The summed E-state index contributed by atoms with van der Waals surface area (Å²) in [5.74, 6) is -0.203. The molecule has 1 rings (SSSR count). The number of benzene rings is 1. The van der Waals surface area contributed by atoms with Crippen LogP contribution >= 0.6 is 0 Å². The molecule has 0 bridgehead atoms. The van der Waals surface area contributed by atoms with E-state index in [4.69, 9.17) is 4.74 Å². The summed E-state index contributed by atoms with van der Waals surface area (Å²) in [5, 5.41) is 3.41. The Morgan fingerprint density at radius 2 is 2.06 bits per heavy atom. The molecular formula is C15H24FNO. The second-order valence-corrected chi connectivity index (χ2v) is 4.64. The van der Waals surface area contributed by atoms with E-state index in [9.17, 15) is 4.39 Å². The van der Waals surface area contributed by atoms with Gasteiger partial charge in [0.1, 0.15) is 5.82 Å². The first kappa shape index (κ1) is 15.1. The van der Waals surface area contributed by atoms with E-state index in [1.807, 2.05) is 19.9 Å². The summed E-state index contributed by atoms with van der Waals surface area (Å²) in [7, 11) is 0. The lowest BCUT2D eigenvalue weighted by molar-refractivity contribution is -0.0560. The average molecular weight is 253 g/mol. The molecule has 0 radical (unpaired) electrons. The van der Waals surface area contributed by atoms with Gasteiger partial charge >= 0.3 is 0 Å². The highest BCUT2D eigenvalue weighted by Gasteiger charge is 2.34. The smallest absolute Gasteiger partial charge is 0.123 e. The van der Waals surface area contributed by atoms with E-state index < -0.39 is 0 Å². The summed E-state index contributed by atoms with van der Waals surface area (Å²) in [4.78, 5) is 0. The van der Waals surface area contributed by atoms with Gasteiger partial charge in [-0.3, -0.25) is 0 Å². The van der Waals surface area contributed by atoms with Gasteiger partial charge in [0, 0.05) is 6.61 Å². The molecular weight excluding hydrogens is 229 g/mol. The van der Waals surface area contributed by atoms with Gasteiger partial charge in [-0.05, 0) is 44.5 Å². The fourth-order valence-corrected chi connectivity index (χ4v) is 2.30. The van der Waals surface area contributed by atoms with Gasteiger partial charge in [-0.15, -0.1) is 0 Å². The third-order valence-electron chi connectivity index (χ3n) is 3.38. The molecule has 18 heavy (non-hydrogen) atoms. The zero-order valence-corrected chi connectivity index (χ0v) is 11.8. The summed E-state index contributed by atoms with van der Waals surface area (Å²) in [5.41, 5.74) is 0.619. The van der Waals surface area contributed by atoms with E-state index in [1.54, 1.807) is 12.1 Å². The van der Waals surface area contributed by atoms with E-state index in [0.29, 0.717) is 6.61 Å². The average Bonchev–Trinajstić information content (AvgIpc) is 2.36. The van der Waals surface area contributed by atoms with E-state index in [0.717, 1.165) is 18.5 Å². The van der Waals surface area contributed by atoms with Crippen LogP contribution in [0.1, 0.15) is 45.7 Å². The molecule has 0 aliphatic rings. The molecule has 1 aromatic carbocycles. The maximum atomic E-state index is 13.4. The highest BCUT2D eigenvalue weighted by Crippen LogP contribution is 2.32. The van der Waals surface area contributed by atoms with Crippen molar-refractivity contribution in [2.75, 3.05) is 13.2 Å². The van der Waals surface area contributed by atoms with Crippen LogP contribution in [0.2, 0.25) is 0 Å². The first-order valence-electron chi connectivity index (χ1n) is 6.70. The molecule has 0 aliphatic carbocycles. The molecule has 1 aromatic rings. The van der Waals surface area contributed by atoms with Crippen molar-refractivity contribution in [2.24, 2.45) is 0 Å². The van der Waals surface area contributed by atoms with Crippen molar-refractivity contribution in [1.29, 1.82) is 0 Å². The Kier molecular flexibility index (Phi) is 5.76. The van der Waals surface area contributed by atoms with Crippen molar-refractivity contribution in [2.45, 2.75) is 45.8 Å². The number of likely N-dealkylation sites (N-methyl/N-ethyl adjacent to an activating group) is 1. The molecule has 2 atom stereocenters. The van der Waals surface area contributed by atoms with Crippen LogP contribution in [0.15, 0.2) is 24.3 Å². The summed E-state index contributed by atoms with van der Waals surface area (Å²) in [6.07, 6.45) is 0.870. The first-order chi connectivity index (χ1) is 8.57. The van der Waals surface area contributed by atoms with E-state index in [1.165, 1.54) is 6.07 Å². The number of halogens is 1. The third-order valence-corrected chi connectivity index (χ3v) is 3.38. The molecule has 0 saturated carbocycles. The number of ether oxygens (including phenoxy) is 1. The van der Waals surface area contributed by atoms with Gasteiger partial charge in [-0.2, -0.15) is 0 Å². The summed E-state index contributed by atoms with van der Waals surface area (Å²) in [6, 6.07) is 6.75. The second kappa shape index (κ2) is 6.86. The van der Waals surface area contributed by atoms with Gasteiger partial charge in [0.15, 0.2) is 0 Å². The molecule has 0 aliphatic heterocycles. The molecule has 102 valence electrons. The van der Waals surface area contributed by atoms with Crippen molar-refractivity contribution in [1.82, 2.24) is 5.32 Å². The standard InChI is InChI=1S/C15H24FNO/c1-5-15(4,18-7-3)14(17-6-2)12-9-8-10-13(16)11-12/h8-11,14,17H,5-7H2,1-4H3. The molecule has 2 nitrogen and oxygen atoms in total. The van der Waals surface area contributed by atoms with Gasteiger partial charge in [0.2, 0.25) is 0 Å². The fourth-order valence-electron chi connectivity index (χ4n) is 2.30. The Hall–Kier alpha value is -0.930. The SMILES string of the molecule is CCNC(c1cccc(F)c1)C(C)(CC)OCC. The third kappa shape index (κ3) is 3.53. The van der Waals surface area contributed by atoms with Gasteiger partial charge in [0.25, 0.3) is 0 Å². The molecule has 0 amide bonds. The van der Waals surface area contributed by atoms with Crippen molar-refractivity contribution in [3.8, 4) is 0 Å². The predicted octanol–water partition coefficient (Wildman–Crippen LogP) is 3.68.